The third kappa shape index (κ3) is 5.81. The van der Waals surface area contributed by atoms with Crippen molar-refractivity contribution in [1.29, 1.82) is 0 Å². The van der Waals surface area contributed by atoms with E-state index in [2.05, 4.69) is 29.2 Å². The van der Waals surface area contributed by atoms with E-state index in [0.29, 0.717) is 5.56 Å². The Morgan fingerprint density at radius 2 is 1.32 bits per heavy atom. The first-order chi connectivity index (χ1) is 13.2. The quantitative estimate of drug-likeness (QED) is 0.488. The van der Waals surface area contributed by atoms with Crippen LogP contribution in [0.15, 0.2) is 84.9 Å². The molecule has 0 amide bonds. The maximum Gasteiger partial charge on any atom is 0.337 e. The van der Waals surface area contributed by atoms with Crippen LogP contribution in [0.4, 0.5) is 5.69 Å². The van der Waals surface area contributed by atoms with Gasteiger partial charge in [-0.25, -0.2) is 4.79 Å². The van der Waals surface area contributed by atoms with Crippen molar-refractivity contribution in [3.05, 3.63) is 102 Å². The van der Waals surface area contributed by atoms with Gasteiger partial charge in [0.15, 0.2) is 6.10 Å². The third-order valence-corrected chi connectivity index (χ3v) is 4.45. The number of anilines is 1. The predicted molar refractivity (Wildman–Crippen MR) is 107 cm³/mol. The Hall–Kier alpha value is -2.37. The summed E-state index contributed by atoms with van der Waals surface area (Å²) < 4.78 is 5.08. The standard InChI is InChI=1S/C23H23NO3.Ag/c1-27-22(23(25)26)20-12-14-21(15-13-20)24(16-18-8-4-2-5-9-18)17-19-10-6-3-7-11-19;/h2-15,22H,16-17H2,1H3,(H,25,26);. The normalized spacial score (nSPS) is 11.3. The molecule has 0 bridgehead atoms. The molecule has 1 unspecified atom stereocenters. The van der Waals surface area contributed by atoms with Crippen LogP contribution in [-0.2, 0) is 45.0 Å². The fourth-order valence-corrected chi connectivity index (χ4v) is 3.09. The second kappa shape index (κ2) is 10.8. The Morgan fingerprint density at radius 3 is 1.71 bits per heavy atom. The zero-order chi connectivity index (χ0) is 19.1. The molecule has 1 atom stereocenters. The van der Waals surface area contributed by atoms with E-state index < -0.39 is 12.1 Å². The summed E-state index contributed by atoms with van der Waals surface area (Å²) in [6, 6.07) is 28.2. The van der Waals surface area contributed by atoms with Crippen molar-refractivity contribution in [3.8, 4) is 0 Å². The van der Waals surface area contributed by atoms with Gasteiger partial charge in [-0.3, -0.25) is 0 Å². The van der Waals surface area contributed by atoms with E-state index >= 15 is 0 Å². The summed E-state index contributed by atoms with van der Waals surface area (Å²) in [6.45, 7) is 1.53. The van der Waals surface area contributed by atoms with Gasteiger partial charge < -0.3 is 14.7 Å². The van der Waals surface area contributed by atoms with Crippen molar-refractivity contribution in [3.63, 3.8) is 0 Å². The van der Waals surface area contributed by atoms with Crippen LogP contribution >= 0.6 is 0 Å². The summed E-state index contributed by atoms with van der Waals surface area (Å²) in [4.78, 5) is 13.6. The van der Waals surface area contributed by atoms with Crippen LogP contribution < -0.4 is 4.90 Å². The van der Waals surface area contributed by atoms with E-state index in [1.165, 1.54) is 18.2 Å². The average molecular weight is 469 g/mol. The fraction of sp³-hybridized carbons (Fsp3) is 0.174. The van der Waals surface area contributed by atoms with Crippen LogP contribution in [0.1, 0.15) is 22.8 Å². The minimum absolute atomic E-state index is 0. The van der Waals surface area contributed by atoms with Gasteiger partial charge in [0.05, 0.1) is 0 Å². The smallest absolute Gasteiger partial charge is 0.337 e. The number of carboxylic acid groups (broad SMARTS) is 1. The Morgan fingerprint density at radius 1 is 0.857 bits per heavy atom. The van der Waals surface area contributed by atoms with E-state index in [-0.39, 0.29) is 22.4 Å². The van der Waals surface area contributed by atoms with Crippen molar-refractivity contribution in [2.45, 2.75) is 19.2 Å². The molecule has 0 aliphatic rings. The van der Waals surface area contributed by atoms with Crippen molar-refractivity contribution < 1.29 is 37.0 Å². The topological polar surface area (TPSA) is 49.8 Å². The molecular weight excluding hydrogens is 446 g/mol. The maximum absolute atomic E-state index is 11.3. The van der Waals surface area contributed by atoms with Gasteiger partial charge in [-0.05, 0) is 28.8 Å². The van der Waals surface area contributed by atoms with Gasteiger partial charge in [-0.15, -0.1) is 0 Å². The Balaban J connectivity index is 0.00000280. The fourth-order valence-electron chi connectivity index (χ4n) is 3.09. The second-order valence-electron chi connectivity index (χ2n) is 6.37. The van der Waals surface area contributed by atoms with Crippen LogP contribution in [0.3, 0.4) is 0 Å². The average Bonchev–Trinajstić information content (AvgIpc) is 2.70. The minimum Gasteiger partial charge on any atom is -0.479 e. The summed E-state index contributed by atoms with van der Waals surface area (Å²) >= 11 is 0. The van der Waals surface area contributed by atoms with E-state index in [9.17, 15) is 9.90 Å². The molecule has 0 spiro atoms. The van der Waals surface area contributed by atoms with Gasteiger partial charge in [0.1, 0.15) is 0 Å². The monoisotopic (exact) mass is 468 g/mol. The molecule has 3 aromatic carbocycles. The number of methoxy groups -OCH3 is 1. The van der Waals surface area contributed by atoms with Gasteiger partial charge >= 0.3 is 5.97 Å². The van der Waals surface area contributed by atoms with Crippen LogP contribution in [0, 0.1) is 0 Å². The van der Waals surface area contributed by atoms with Crippen molar-refractivity contribution in [2.75, 3.05) is 12.0 Å². The van der Waals surface area contributed by atoms with Crippen molar-refractivity contribution in [1.82, 2.24) is 0 Å². The third-order valence-electron chi connectivity index (χ3n) is 4.45. The minimum atomic E-state index is -0.990. The molecule has 3 rings (SSSR count). The summed E-state index contributed by atoms with van der Waals surface area (Å²) in [5.74, 6) is -0.990. The molecule has 3 aromatic rings. The van der Waals surface area contributed by atoms with E-state index in [0.717, 1.165) is 18.8 Å². The molecule has 0 aromatic heterocycles. The van der Waals surface area contributed by atoms with Crippen molar-refractivity contribution >= 4 is 11.7 Å². The molecule has 28 heavy (non-hydrogen) atoms. The van der Waals surface area contributed by atoms with Crippen molar-refractivity contribution in [2.24, 2.45) is 0 Å². The van der Waals surface area contributed by atoms with E-state index in [4.69, 9.17) is 4.74 Å². The number of carboxylic acids is 1. The van der Waals surface area contributed by atoms with Gasteiger partial charge in [0, 0.05) is 48.3 Å². The summed E-state index contributed by atoms with van der Waals surface area (Å²) in [6.07, 6.45) is -0.948. The predicted octanol–water partition coefficient (Wildman–Crippen LogP) is 4.66. The molecule has 5 heteroatoms. The van der Waals surface area contributed by atoms with Gasteiger partial charge in [0.2, 0.25) is 0 Å². The summed E-state index contributed by atoms with van der Waals surface area (Å²) in [5, 5.41) is 9.26. The van der Waals surface area contributed by atoms with Gasteiger partial charge in [-0.2, -0.15) is 0 Å². The molecule has 0 saturated carbocycles. The number of benzene rings is 3. The number of ether oxygens (including phenoxy) is 1. The van der Waals surface area contributed by atoms with Crippen LogP contribution in [0.25, 0.3) is 0 Å². The van der Waals surface area contributed by atoms with E-state index in [1.54, 1.807) is 0 Å². The molecule has 149 valence electrons. The summed E-state index contributed by atoms with van der Waals surface area (Å²) in [7, 11) is 1.41. The van der Waals surface area contributed by atoms with E-state index in [1.807, 2.05) is 60.7 Å². The molecule has 1 radical (unpaired) electrons. The molecule has 4 nitrogen and oxygen atoms in total. The number of hydrogen-bond donors (Lipinski definition) is 1. The number of hydrogen-bond acceptors (Lipinski definition) is 3. The first kappa shape index (κ1) is 21.9. The van der Waals surface area contributed by atoms with Crippen LogP contribution in [-0.4, -0.2) is 18.2 Å². The Labute approximate surface area is 181 Å². The Kier molecular flexibility index (Phi) is 8.48. The first-order valence-electron chi connectivity index (χ1n) is 8.85. The maximum atomic E-state index is 11.3. The zero-order valence-electron chi connectivity index (χ0n) is 15.6. The number of aliphatic carboxylic acids is 1. The Bertz CT molecular complexity index is 813. The molecule has 0 aliphatic carbocycles. The number of rotatable bonds is 8. The van der Waals surface area contributed by atoms with Gasteiger partial charge in [-0.1, -0.05) is 72.8 Å². The van der Waals surface area contributed by atoms with Gasteiger partial charge in [0.25, 0.3) is 0 Å². The molecule has 0 fully saturated rings. The number of nitrogens with zero attached hydrogens (tertiary/aromatic N) is 1. The largest absolute Gasteiger partial charge is 0.479 e. The SMILES string of the molecule is COC(C(=O)O)c1ccc(N(Cc2ccccc2)Cc2ccccc2)cc1.[Ag]. The number of carbonyl (C=O) groups is 1. The second-order valence-corrected chi connectivity index (χ2v) is 6.37. The van der Waals surface area contributed by atoms with Crippen LogP contribution in [0.2, 0.25) is 0 Å². The summed E-state index contributed by atoms with van der Waals surface area (Å²) in [5.41, 5.74) is 4.11. The molecule has 0 heterocycles. The first-order valence-corrected chi connectivity index (χ1v) is 8.85. The molecular formula is C23H23AgNO3. The molecule has 1 N–H and O–H groups in total. The molecule has 0 aliphatic heterocycles. The van der Waals surface area contributed by atoms with Crippen LogP contribution in [0.5, 0.6) is 0 Å². The molecule has 0 saturated heterocycles. The zero-order valence-corrected chi connectivity index (χ0v) is 17.1.